The molecule has 3 nitrogen and oxygen atoms in total. The summed E-state index contributed by atoms with van der Waals surface area (Å²) < 4.78 is 5.15. The van der Waals surface area contributed by atoms with Crippen LogP contribution in [0.3, 0.4) is 0 Å². The molecule has 94 valence electrons. The van der Waals surface area contributed by atoms with Crippen molar-refractivity contribution in [1.82, 2.24) is 0 Å². The molecular formula is C13H12Cl2N2O. The lowest BCUT2D eigenvalue weighted by Gasteiger charge is -2.11. The van der Waals surface area contributed by atoms with Crippen LogP contribution in [0.2, 0.25) is 10.0 Å². The highest BCUT2D eigenvalue weighted by Crippen LogP contribution is 2.31. The van der Waals surface area contributed by atoms with Crippen LogP contribution in [0, 0.1) is 0 Å². The van der Waals surface area contributed by atoms with Crippen LogP contribution in [-0.2, 0) is 0 Å². The van der Waals surface area contributed by atoms with Gasteiger partial charge in [0.15, 0.2) is 0 Å². The Morgan fingerprint density at radius 1 is 1.06 bits per heavy atom. The number of methoxy groups -OCH3 is 1. The van der Waals surface area contributed by atoms with Gasteiger partial charge in [0.05, 0.1) is 22.8 Å². The molecule has 0 aliphatic heterocycles. The second-order valence-corrected chi connectivity index (χ2v) is 4.53. The third-order valence-corrected chi connectivity index (χ3v) is 3.05. The molecule has 0 saturated heterocycles. The molecule has 0 unspecified atom stereocenters. The van der Waals surface area contributed by atoms with Crippen molar-refractivity contribution in [2.45, 2.75) is 0 Å². The molecule has 0 heterocycles. The number of rotatable bonds is 3. The van der Waals surface area contributed by atoms with Gasteiger partial charge in [-0.1, -0.05) is 23.2 Å². The smallest absolute Gasteiger partial charge is 0.139 e. The summed E-state index contributed by atoms with van der Waals surface area (Å²) in [4.78, 5) is 0. The maximum Gasteiger partial charge on any atom is 0.139 e. The summed E-state index contributed by atoms with van der Waals surface area (Å²) in [6.07, 6.45) is 0. The number of ether oxygens (including phenoxy) is 1. The Bertz CT molecular complexity index is 573. The molecule has 0 amide bonds. The summed E-state index contributed by atoms with van der Waals surface area (Å²) in [7, 11) is 1.57. The average Bonchev–Trinajstić information content (AvgIpc) is 2.35. The van der Waals surface area contributed by atoms with Gasteiger partial charge in [-0.3, -0.25) is 0 Å². The molecule has 0 bridgehead atoms. The van der Waals surface area contributed by atoms with Gasteiger partial charge in [-0.2, -0.15) is 0 Å². The molecule has 3 N–H and O–H groups in total. The van der Waals surface area contributed by atoms with Gasteiger partial charge in [0.25, 0.3) is 0 Å². The zero-order chi connectivity index (χ0) is 13.1. The summed E-state index contributed by atoms with van der Waals surface area (Å²) in [5.41, 5.74) is 7.87. The Balaban J connectivity index is 2.28. The van der Waals surface area contributed by atoms with E-state index in [0.29, 0.717) is 21.5 Å². The average molecular weight is 283 g/mol. The van der Waals surface area contributed by atoms with Crippen molar-refractivity contribution in [2.75, 3.05) is 18.2 Å². The van der Waals surface area contributed by atoms with E-state index in [4.69, 9.17) is 33.7 Å². The molecule has 18 heavy (non-hydrogen) atoms. The van der Waals surface area contributed by atoms with Crippen molar-refractivity contribution < 1.29 is 4.74 Å². The van der Waals surface area contributed by atoms with E-state index in [1.807, 2.05) is 12.1 Å². The van der Waals surface area contributed by atoms with Crippen LogP contribution in [0.4, 0.5) is 17.1 Å². The van der Waals surface area contributed by atoms with Gasteiger partial charge in [0.2, 0.25) is 0 Å². The minimum absolute atomic E-state index is 0.559. The Hall–Kier alpha value is -1.58. The highest BCUT2D eigenvalue weighted by Gasteiger charge is 2.04. The summed E-state index contributed by atoms with van der Waals surface area (Å²) in [5.74, 6) is 0.605. The van der Waals surface area contributed by atoms with Gasteiger partial charge < -0.3 is 15.8 Å². The van der Waals surface area contributed by atoms with E-state index in [9.17, 15) is 0 Å². The number of nitrogens with two attached hydrogens (primary N) is 1. The first-order valence-corrected chi connectivity index (χ1v) is 6.01. The summed E-state index contributed by atoms with van der Waals surface area (Å²) >= 11 is 12.0. The molecule has 0 radical (unpaired) electrons. The van der Waals surface area contributed by atoms with Crippen molar-refractivity contribution in [3.05, 3.63) is 46.4 Å². The monoisotopic (exact) mass is 282 g/mol. The van der Waals surface area contributed by atoms with Crippen LogP contribution in [-0.4, -0.2) is 7.11 Å². The minimum atomic E-state index is 0.559. The van der Waals surface area contributed by atoms with Crippen molar-refractivity contribution in [1.29, 1.82) is 0 Å². The van der Waals surface area contributed by atoms with E-state index in [2.05, 4.69) is 5.32 Å². The zero-order valence-corrected chi connectivity index (χ0v) is 11.2. The van der Waals surface area contributed by atoms with Crippen LogP contribution in [0.5, 0.6) is 5.75 Å². The topological polar surface area (TPSA) is 47.3 Å². The number of benzene rings is 2. The summed E-state index contributed by atoms with van der Waals surface area (Å²) in [5, 5.41) is 4.30. The first-order chi connectivity index (χ1) is 8.60. The van der Waals surface area contributed by atoms with Gasteiger partial charge in [-0.05, 0) is 30.3 Å². The molecule has 2 aromatic rings. The SMILES string of the molecule is COc1cc(Nc2ccc(N)cc2Cl)ccc1Cl. The van der Waals surface area contributed by atoms with Crippen LogP contribution < -0.4 is 15.8 Å². The highest BCUT2D eigenvalue weighted by atomic mass is 35.5. The van der Waals surface area contributed by atoms with Crippen LogP contribution in [0.1, 0.15) is 0 Å². The lowest BCUT2D eigenvalue weighted by atomic mass is 10.2. The number of anilines is 3. The van der Waals surface area contributed by atoms with Crippen molar-refractivity contribution in [3.63, 3.8) is 0 Å². The van der Waals surface area contributed by atoms with Gasteiger partial charge in [-0.25, -0.2) is 0 Å². The van der Waals surface area contributed by atoms with Crippen molar-refractivity contribution in [3.8, 4) is 5.75 Å². The molecule has 2 aromatic carbocycles. The van der Waals surface area contributed by atoms with E-state index in [1.165, 1.54) is 0 Å². The fourth-order valence-corrected chi connectivity index (χ4v) is 1.96. The zero-order valence-electron chi connectivity index (χ0n) is 9.71. The fourth-order valence-electron chi connectivity index (χ4n) is 1.53. The van der Waals surface area contributed by atoms with Gasteiger partial charge in [0, 0.05) is 17.4 Å². The Labute approximate surface area is 115 Å². The molecule has 2 rings (SSSR count). The molecule has 0 aliphatic rings. The fraction of sp³-hybridized carbons (Fsp3) is 0.0769. The van der Waals surface area contributed by atoms with Gasteiger partial charge in [0.1, 0.15) is 5.75 Å². The third kappa shape index (κ3) is 2.81. The molecular weight excluding hydrogens is 271 g/mol. The van der Waals surface area contributed by atoms with E-state index in [-0.39, 0.29) is 0 Å². The number of hydrogen-bond donors (Lipinski definition) is 2. The summed E-state index contributed by atoms with van der Waals surface area (Å²) in [6.45, 7) is 0. The number of nitrogen functional groups attached to an aromatic ring is 1. The quantitative estimate of drug-likeness (QED) is 0.824. The lowest BCUT2D eigenvalue weighted by molar-refractivity contribution is 0.415. The molecule has 0 spiro atoms. The molecule has 0 aromatic heterocycles. The Kier molecular flexibility index (Phi) is 3.84. The van der Waals surface area contributed by atoms with Crippen LogP contribution >= 0.6 is 23.2 Å². The molecule has 0 atom stereocenters. The second kappa shape index (κ2) is 5.38. The van der Waals surface area contributed by atoms with Crippen molar-refractivity contribution in [2.24, 2.45) is 0 Å². The normalized spacial score (nSPS) is 10.2. The first-order valence-electron chi connectivity index (χ1n) is 5.26. The highest BCUT2D eigenvalue weighted by molar-refractivity contribution is 6.33. The van der Waals surface area contributed by atoms with Crippen LogP contribution in [0.15, 0.2) is 36.4 Å². The maximum absolute atomic E-state index is 6.08. The van der Waals surface area contributed by atoms with E-state index in [0.717, 1.165) is 11.4 Å². The third-order valence-electron chi connectivity index (χ3n) is 2.42. The van der Waals surface area contributed by atoms with E-state index >= 15 is 0 Å². The maximum atomic E-state index is 6.08. The van der Waals surface area contributed by atoms with E-state index in [1.54, 1.807) is 31.4 Å². The lowest BCUT2D eigenvalue weighted by Crippen LogP contribution is -1.94. The molecule has 0 saturated carbocycles. The molecule has 0 fully saturated rings. The predicted molar refractivity (Wildman–Crippen MR) is 77.2 cm³/mol. The summed E-state index contributed by atoms with van der Waals surface area (Å²) in [6, 6.07) is 10.7. The van der Waals surface area contributed by atoms with Gasteiger partial charge in [-0.15, -0.1) is 0 Å². The Morgan fingerprint density at radius 3 is 2.50 bits per heavy atom. The standard InChI is InChI=1S/C13H12Cl2N2O/c1-18-13-7-9(3-4-10(13)14)17-12-5-2-8(16)6-11(12)15/h2-7,17H,16H2,1H3. The van der Waals surface area contributed by atoms with Crippen LogP contribution in [0.25, 0.3) is 0 Å². The van der Waals surface area contributed by atoms with Gasteiger partial charge >= 0.3 is 0 Å². The predicted octanol–water partition coefficient (Wildman–Crippen LogP) is 4.33. The largest absolute Gasteiger partial charge is 0.495 e. The van der Waals surface area contributed by atoms with Crippen molar-refractivity contribution >= 4 is 40.3 Å². The molecule has 0 aliphatic carbocycles. The number of nitrogens with one attached hydrogen (secondary N) is 1. The second-order valence-electron chi connectivity index (χ2n) is 3.71. The minimum Gasteiger partial charge on any atom is -0.495 e. The van der Waals surface area contributed by atoms with E-state index < -0.39 is 0 Å². The first kappa shape index (κ1) is 12.9. The number of halogens is 2. The Morgan fingerprint density at radius 2 is 1.83 bits per heavy atom. The molecule has 5 heteroatoms. The number of hydrogen-bond acceptors (Lipinski definition) is 3.